The Morgan fingerprint density at radius 3 is 2.12 bits per heavy atom. The van der Waals surface area contributed by atoms with E-state index in [1.807, 2.05) is 0 Å². The van der Waals surface area contributed by atoms with Gasteiger partial charge in [-0.2, -0.15) is 0 Å². The zero-order chi connectivity index (χ0) is 6.57. The minimum atomic E-state index is -0.746. The van der Waals surface area contributed by atoms with Gasteiger partial charge in [-0.05, 0) is 26.4 Å². The van der Waals surface area contributed by atoms with Crippen LogP contribution in [0.4, 0.5) is 0 Å². The smallest absolute Gasteiger partial charge is 0.171 e. The molecular weight excluding hydrogens is 116 g/mol. The first-order valence-electron chi connectivity index (χ1n) is 3.32. The normalized spacial score (nSPS) is 14.6. The molecule has 0 spiro atoms. The van der Waals surface area contributed by atoms with E-state index in [1.54, 1.807) is 0 Å². The molecule has 1 atom stereocenters. The maximum Gasteiger partial charge on any atom is 0.171 e. The van der Waals surface area contributed by atoms with E-state index in [9.17, 15) is 0 Å². The van der Waals surface area contributed by atoms with Gasteiger partial charge in [0.15, 0.2) is 9.04 Å². The minimum absolute atomic E-state index is 0.488. The van der Waals surface area contributed by atoms with Gasteiger partial charge in [-0.15, -0.1) is 0 Å². The molecule has 1 unspecified atom stereocenters. The topological polar surface area (TPSA) is 9.23 Å². The van der Waals surface area contributed by atoms with Gasteiger partial charge in [0.25, 0.3) is 0 Å². The molecular formula is C6H16OSi. The van der Waals surface area contributed by atoms with Crippen molar-refractivity contribution >= 4 is 9.04 Å². The lowest BCUT2D eigenvalue weighted by atomic mass is 10.3. The first-order chi connectivity index (χ1) is 3.66. The van der Waals surface area contributed by atoms with Crippen molar-refractivity contribution < 1.29 is 4.43 Å². The number of hydrogen-bond acceptors (Lipinski definition) is 1. The highest BCUT2D eigenvalue weighted by atomic mass is 28.3. The second-order valence-corrected chi connectivity index (χ2v) is 4.77. The van der Waals surface area contributed by atoms with E-state index in [-0.39, 0.29) is 0 Å². The predicted octanol–water partition coefficient (Wildman–Crippen LogP) is 1.78. The lowest BCUT2D eigenvalue weighted by molar-refractivity contribution is 0.221. The molecule has 0 aliphatic rings. The molecule has 0 aromatic heterocycles. The van der Waals surface area contributed by atoms with E-state index in [2.05, 4.69) is 26.9 Å². The minimum Gasteiger partial charge on any atom is -0.418 e. The fourth-order valence-corrected chi connectivity index (χ4v) is 1.68. The van der Waals surface area contributed by atoms with Crippen LogP contribution in [-0.2, 0) is 4.43 Å². The van der Waals surface area contributed by atoms with Gasteiger partial charge in [0.2, 0.25) is 0 Å². The van der Waals surface area contributed by atoms with Crippen molar-refractivity contribution in [2.24, 2.45) is 0 Å². The van der Waals surface area contributed by atoms with E-state index >= 15 is 0 Å². The highest BCUT2D eigenvalue weighted by Gasteiger charge is 2.00. The summed E-state index contributed by atoms with van der Waals surface area (Å²) in [7, 11) is -0.746. The Morgan fingerprint density at radius 2 is 2.00 bits per heavy atom. The Labute approximate surface area is 53.8 Å². The Bertz CT molecular complexity index is 54.5. The zero-order valence-corrected chi connectivity index (χ0v) is 7.42. The van der Waals surface area contributed by atoms with Crippen LogP contribution in [0.3, 0.4) is 0 Å². The standard InChI is InChI=1S/C6H16OSi/c1-5-6(2)7-8(3)4/h6,8H,5H2,1-4H3. The van der Waals surface area contributed by atoms with E-state index in [4.69, 9.17) is 4.43 Å². The van der Waals surface area contributed by atoms with Crippen molar-refractivity contribution in [1.82, 2.24) is 0 Å². The van der Waals surface area contributed by atoms with Gasteiger partial charge in [0.05, 0.1) is 0 Å². The number of rotatable bonds is 3. The fourth-order valence-electron chi connectivity index (χ4n) is 0.561. The summed E-state index contributed by atoms with van der Waals surface area (Å²) in [6.45, 7) is 8.69. The molecule has 50 valence electrons. The Morgan fingerprint density at radius 1 is 1.50 bits per heavy atom. The van der Waals surface area contributed by atoms with Crippen LogP contribution >= 0.6 is 0 Å². The molecule has 1 nitrogen and oxygen atoms in total. The van der Waals surface area contributed by atoms with Gasteiger partial charge in [-0.1, -0.05) is 6.92 Å². The summed E-state index contributed by atoms with van der Waals surface area (Å²) in [5, 5.41) is 0. The molecule has 8 heavy (non-hydrogen) atoms. The summed E-state index contributed by atoms with van der Waals surface area (Å²) >= 11 is 0. The fraction of sp³-hybridized carbons (Fsp3) is 1.00. The molecule has 0 aromatic rings. The van der Waals surface area contributed by atoms with Crippen molar-refractivity contribution in [1.29, 1.82) is 0 Å². The SMILES string of the molecule is CCC(C)O[SiH](C)C. The van der Waals surface area contributed by atoms with Crippen LogP contribution in [0.2, 0.25) is 13.1 Å². The quantitative estimate of drug-likeness (QED) is 0.532. The van der Waals surface area contributed by atoms with Gasteiger partial charge >= 0.3 is 0 Å². The van der Waals surface area contributed by atoms with Gasteiger partial charge in [0.1, 0.15) is 0 Å². The maximum absolute atomic E-state index is 5.54. The molecule has 0 radical (unpaired) electrons. The first kappa shape index (κ1) is 8.18. The Hall–Kier alpha value is 0.177. The molecule has 0 fully saturated rings. The van der Waals surface area contributed by atoms with Gasteiger partial charge in [-0.25, -0.2) is 0 Å². The van der Waals surface area contributed by atoms with Crippen molar-refractivity contribution in [2.45, 2.75) is 39.5 Å². The monoisotopic (exact) mass is 132 g/mol. The maximum atomic E-state index is 5.54. The lowest BCUT2D eigenvalue weighted by Crippen LogP contribution is -2.16. The summed E-state index contributed by atoms with van der Waals surface area (Å²) in [6, 6.07) is 0. The summed E-state index contributed by atoms with van der Waals surface area (Å²) < 4.78 is 5.54. The summed E-state index contributed by atoms with van der Waals surface area (Å²) in [6.07, 6.45) is 1.63. The molecule has 0 saturated carbocycles. The summed E-state index contributed by atoms with van der Waals surface area (Å²) in [5.41, 5.74) is 0. The molecule has 0 aliphatic heterocycles. The second kappa shape index (κ2) is 4.10. The molecule has 0 saturated heterocycles. The third-order valence-electron chi connectivity index (χ3n) is 1.08. The summed E-state index contributed by atoms with van der Waals surface area (Å²) in [5.74, 6) is 0. The average molecular weight is 132 g/mol. The third-order valence-corrected chi connectivity index (χ3v) is 2.09. The van der Waals surface area contributed by atoms with Crippen LogP contribution in [0.1, 0.15) is 20.3 Å². The number of hydrogen-bond donors (Lipinski definition) is 0. The zero-order valence-electron chi connectivity index (χ0n) is 6.27. The molecule has 0 rings (SSSR count). The van der Waals surface area contributed by atoms with Crippen LogP contribution in [-0.4, -0.2) is 15.1 Å². The Kier molecular flexibility index (Phi) is 4.19. The Balaban J connectivity index is 3.10. The van der Waals surface area contributed by atoms with Gasteiger partial charge in [0, 0.05) is 6.10 Å². The molecule has 0 bridgehead atoms. The molecule has 0 aromatic carbocycles. The molecule has 0 amide bonds. The van der Waals surface area contributed by atoms with Gasteiger partial charge in [-0.3, -0.25) is 0 Å². The average Bonchev–Trinajstić information content (AvgIpc) is 1.65. The highest BCUT2D eigenvalue weighted by Crippen LogP contribution is 1.97. The lowest BCUT2D eigenvalue weighted by Gasteiger charge is -2.12. The van der Waals surface area contributed by atoms with Gasteiger partial charge < -0.3 is 4.43 Å². The van der Waals surface area contributed by atoms with Crippen LogP contribution in [0.15, 0.2) is 0 Å². The molecule has 0 heterocycles. The second-order valence-electron chi connectivity index (χ2n) is 2.40. The van der Waals surface area contributed by atoms with E-state index in [0.29, 0.717) is 6.10 Å². The van der Waals surface area contributed by atoms with Crippen LogP contribution in [0, 0.1) is 0 Å². The molecule has 2 heteroatoms. The van der Waals surface area contributed by atoms with Crippen LogP contribution < -0.4 is 0 Å². The third kappa shape index (κ3) is 4.34. The van der Waals surface area contributed by atoms with Crippen molar-refractivity contribution in [3.05, 3.63) is 0 Å². The summed E-state index contributed by atoms with van der Waals surface area (Å²) in [4.78, 5) is 0. The molecule has 0 aliphatic carbocycles. The van der Waals surface area contributed by atoms with Crippen molar-refractivity contribution in [3.8, 4) is 0 Å². The van der Waals surface area contributed by atoms with Crippen molar-refractivity contribution in [2.75, 3.05) is 0 Å². The highest BCUT2D eigenvalue weighted by molar-refractivity contribution is 6.48. The van der Waals surface area contributed by atoms with E-state index in [0.717, 1.165) is 6.42 Å². The predicted molar refractivity (Wildman–Crippen MR) is 39.7 cm³/mol. The van der Waals surface area contributed by atoms with E-state index < -0.39 is 9.04 Å². The molecule has 0 N–H and O–H groups in total. The van der Waals surface area contributed by atoms with Crippen molar-refractivity contribution in [3.63, 3.8) is 0 Å². The first-order valence-corrected chi connectivity index (χ1v) is 6.10. The van der Waals surface area contributed by atoms with Crippen LogP contribution in [0.5, 0.6) is 0 Å². The van der Waals surface area contributed by atoms with E-state index in [1.165, 1.54) is 0 Å². The largest absolute Gasteiger partial charge is 0.418 e. The van der Waals surface area contributed by atoms with Crippen LogP contribution in [0.25, 0.3) is 0 Å².